The Kier molecular flexibility index (Phi) is 5.82. The van der Waals surface area contributed by atoms with Crippen molar-refractivity contribution in [2.24, 2.45) is 5.73 Å². The Morgan fingerprint density at radius 2 is 1.79 bits per heavy atom. The van der Waals surface area contributed by atoms with E-state index in [0.29, 0.717) is 13.0 Å². The van der Waals surface area contributed by atoms with E-state index in [0.717, 1.165) is 11.1 Å². The van der Waals surface area contributed by atoms with Crippen molar-refractivity contribution in [3.63, 3.8) is 0 Å². The van der Waals surface area contributed by atoms with Crippen LogP contribution in [0.5, 0.6) is 0 Å². The molecule has 0 saturated carbocycles. The van der Waals surface area contributed by atoms with Gasteiger partial charge in [-0.05, 0) is 25.5 Å². The van der Waals surface area contributed by atoms with Crippen molar-refractivity contribution in [1.29, 1.82) is 0 Å². The minimum atomic E-state index is -4.18. The van der Waals surface area contributed by atoms with Crippen molar-refractivity contribution >= 4 is 0 Å². The highest BCUT2D eigenvalue weighted by Gasteiger charge is 2.30. The molecule has 1 aromatic carbocycles. The van der Waals surface area contributed by atoms with Crippen LogP contribution < -0.4 is 5.73 Å². The maximum Gasteiger partial charge on any atom is 0.401 e. The molecule has 108 valence electrons. The number of halogens is 3. The lowest BCUT2D eigenvalue weighted by Crippen LogP contribution is -2.39. The molecule has 1 rings (SSSR count). The Labute approximate surface area is 112 Å². The van der Waals surface area contributed by atoms with Crippen LogP contribution in [0.3, 0.4) is 0 Å². The van der Waals surface area contributed by atoms with E-state index in [2.05, 4.69) is 0 Å². The highest BCUT2D eigenvalue weighted by molar-refractivity contribution is 5.24. The Bertz CT molecular complexity index is 373. The molecule has 0 saturated heterocycles. The van der Waals surface area contributed by atoms with Crippen LogP contribution >= 0.6 is 0 Å². The summed E-state index contributed by atoms with van der Waals surface area (Å²) in [5.74, 6) is 0. The number of alkyl halides is 3. The fraction of sp³-hybridized carbons (Fsp3) is 0.571. The Morgan fingerprint density at radius 3 is 2.26 bits per heavy atom. The van der Waals surface area contributed by atoms with Crippen LogP contribution in [0.25, 0.3) is 0 Å². The number of hydrogen-bond donors (Lipinski definition) is 1. The maximum atomic E-state index is 12.5. The molecule has 5 heteroatoms. The van der Waals surface area contributed by atoms with Crippen molar-refractivity contribution in [3.05, 3.63) is 35.4 Å². The summed E-state index contributed by atoms with van der Waals surface area (Å²) in [6, 6.07) is 7.19. The zero-order valence-corrected chi connectivity index (χ0v) is 11.4. The summed E-state index contributed by atoms with van der Waals surface area (Å²) in [5.41, 5.74) is 7.96. The normalized spacial score (nSPS) is 13.8. The quantitative estimate of drug-likeness (QED) is 0.862. The smallest absolute Gasteiger partial charge is 0.323 e. The molecule has 0 aliphatic rings. The molecule has 0 heterocycles. The molecule has 0 amide bonds. The van der Waals surface area contributed by atoms with E-state index in [9.17, 15) is 13.2 Å². The molecule has 0 aliphatic carbocycles. The zero-order valence-electron chi connectivity index (χ0n) is 11.4. The second-order valence-electron chi connectivity index (χ2n) is 4.87. The van der Waals surface area contributed by atoms with E-state index in [1.165, 1.54) is 4.90 Å². The number of nitrogens with two attached hydrogens (primary N) is 1. The third-order valence-electron chi connectivity index (χ3n) is 2.90. The standard InChI is InChI=1S/C14H21F3N2/c1-3-8-19(10-14(15,16)17)9-13(18)12-6-4-11(2)5-7-12/h4-7,13H,3,8-10,18H2,1-2H3. The second-order valence-corrected chi connectivity index (χ2v) is 4.87. The number of hydrogen-bond acceptors (Lipinski definition) is 2. The molecule has 19 heavy (non-hydrogen) atoms. The van der Waals surface area contributed by atoms with Gasteiger partial charge in [-0.25, -0.2) is 0 Å². The molecule has 0 fully saturated rings. The van der Waals surface area contributed by atoms with Crippen LogP contribution in [0.2, 0.25) is 0 Å². The van der Waals surface area contributed by atoms with Crippen molar-refractivity contribution in [2.75, 3.05) is 19.6 Å². The van der Waals surface area contributed by atoms with Crippen LogP contribution in [0.4, 0.5) is 13.2 Å². The monoisotopic (exact) mass is 274 g/mol. The van der Waals surface area contributed by atoms with Gasteiger partial charge >= 0.3 is 6.18 Å². The minimum Gasteiger partial charge on any atom is -0.323 e. The molecule has 1 atom stereocenters. The molecule has 0 aromatic heterocycles. The molecule has 0 aliphatic heterocycles. The maximum absolute atomic E-state index is 12.5. The minimum absolute atomic E-state index is 0.219. The fourth-order valence-corrected chi connectivity index (χ4v) is 2.00. The van der Waals surface area contributed by atoms with Gasteiger partial charge < -0.3 is 5.73 Å². The Hall–Kier alpha value is -1.07. The number of aryl methyl sites for hydroxylation is 1. The molecule has 2 N–H and O–H groups in total. The first-order chi connectivity index (χ1) is 8.81. The fourth-order valence-electron chi connectivity index (χ4n) is 2.00. The average molecular weight is 274 g/mol. The Morgan fingerprint density at radius 1 is 1.21 bits per heavy atom. The van der Waals surface area contributed by atoms with Gasteiger partial charge in [0.05, 0.1) is 6.54 Å². The van der Waals surface area contributed by atoms with Crippen molar-refractivity contribution in [1.82, 2.24) is 4.90 Å². The molecule has 1 unspecified atom stereocenters. The van der Waals surface area contributed by atoms with Gasteiger partial charge in [-0.3, -0.25) is 4.90 Å². The van der Waals surface area contributed by atoms with Gasteiger partial charge in [-0.2, -0.15) is 13.2 Å². The molecule has 2 nitrogen and oxygen atoms in total. The van der Waals surface area contributed by atoms with Crippen molar-refractivity contribution in [3.8, 4) is 0 Å². The van der Waals surface area contributed by atoms with Crippen molar-refractivity contribution in [2.45, 2.75) is 32.5 Å². The Balaban J connectivity index is 2.65. The molecule has 0 bridgehead atoms. The van der Waals surface area contributed by atoms with Gasteiger partial charge in [0.15, 0.2) is 0 Å². The molecule has 0 radical (unpaired) electrons. The topological polar surface area (TPSA) is 29.3 Å². The van der Waals surface area contributed by atoms with Crippen LogP contribution in [-0.4, -0.2) is 30.7 Å². The highest BCUT2D eigenvalue weighted by atomic mass is 19.4. The second kappa shape index (κ2) is 6.91. The van der Waals surface area contributed by atoms with E-state index in [1.807, 2.05) is 38.1 Å². The number of nitrogens with zero attached hydrogens (tertiary/aromatic N) is 1. The summed E-state index contributed by atoms with van der Waals surface area (Å²) in [5, 5.41) is 0. The third kappa shape index (κ3) is 6.07. The summed E-state index contributed by atoms with van der Waals surface area (Å²) in [4.78, 5) is 1.37. The van der Waals surface area contributed by atoms with Crippen molar-refractivity contribution < 1.29 is 13.2 Å². The first kappa shape index (κ1) is 16.0. The van der Waals surface area contributed by atoms with Gasteiger partial charge in [0, 0.05) is 12.6 Å². The van der Waals surface area contributed by atoms with Gasteiger partial charge in [0.1, 0.15) is 0 Å². The van der Waals surface area contributed by atoms with Gasteiger partial charge in [-0.1, -0.05) is 36.8 Å². The van der Waals surface area contributed by atoms with Gasteiger partial charge in [-0.15, -0.1) is 0 Å². The van der Waals surface area contributed by atoms with Crippen LogP contribution in [0, 0.1) is 6.92 Å². The lowest BCUT2D eigenvalue weighted by atomic mass is 10.1. The SMILES string of the molecule is CCCN(CC(N)c1ccc(C)cc1)CC(F)(F)F. The van der Waals surface area contributed by atoms with Gasteiger partial charge in [0.2, 0.25) is 0 Å². The molecular weight excluding hydrogens is 253 g/mol. The van der Waals surface area contributed by atoms with E-state index in [-0.39, 0.29) is 6.54 Å². The largest absolute Gasteiger partial charge is 0.401 e. The lowest BCUT2D eigenvalue weighted by Gasteiger charge is -2.26. The molecule has 1 aromatic rings. The van der Waals surface area contributed by atoms with E-state index in [4.69, 9.17) is 5.73 Å². The van der Waals surface area contributed by atoms with E-state index >= 15 is 0 Å². The van der Waals surface area contributed by atoms with E-state index < -0.39 is 18.8 Å². The summed E-state index contributed by atoms with van der Waals surface area (Å²) < 4.78 is 37.4. The summed E-state index contributed by atoms with van der Waals surface area (Å²) in [6.45, 7) is 3.54. The lowest BCUT2D eigenvalue weighted by molar-refractivity contribution is -0.146. The predicted octanol–water partition coefficient (Wildman–Crippen LogP) is 3.27. The highest BCUT2D eigenvalue weighted by Crippen LogP contribution is 2.19. The number of benzene rings is 1. The molecular formula is C14H21F3N2. The van der Waals surface area contributed by atoms with E-state index in [1.54, 1.807) is 0 Å². The van der Waals surface area contributed by atoms with Crippen LogP contribution in [0.15, 0.2) is 24.3 Å². The third-order valence-corrected chi connectivity index (χ3v) is 2.90. The number of rotatable bonds is 6. The zero-order chi connectivity index (χ0) is 14.5. The predicted molar refractivity (Wildman–Crippen MR) is 70.9 cm³/mol. The van der Waals surface area contributed by atoms with Crippen LogP contribution in [-0.2, 0) is 0 Å². The van der Waals surface area contributed by atoms with Crippen LogP contribution in [0.1, 0.15) is 30.5 Å². The first-order valence-corrected chi connectivity index (χ1v) is 6.43. The van der Waals surface area contributed by atoms with Gasteiger partial charge in [0.25, 0.3) is 0 Å². The summed E-state index contributed by atoms with van der Waals surface area (Å²) in [6.07, 6.45) is -3.50. The summed E-state index contributed by atoms with van der Waals surface area (Å²) in [7, 11) is 0. The molecule has 0 spiro atoms. The summed E-state index contributed by atoms with van der Waals surface area (Å²) >= 11 is 0. The average Bonchev–Trinajstić information content (AvgIpc) is 2.27. The first-order valence-electron chi connectivity index (χ1n) is 6.43.